The number of benzene rings is 2. The van der Waals surface area contributed by atoms with Crippen LogP contribution in [0.15, 0.2) is 66.0 Å². The third-order valence-electron chi connectivity index (χ3n) is 4.06. The first-order valence-corrected chi connectivity index (χ1v) is 10.7. The third kappa shape index (κ3) is 7.13. The van der Waals surface area contributed by atoms with Crippen molar-refractivity contribution in [3.8, 4) is 5.75 Å². The summed E-state index contributed by atoms with van der Waals surface area (Å²) in [6.07, 6.45) is 0. The summed E-state index contributed by atoms with van der Waals surface area (Å²) in [6.45, 7) is 0.474. The lowest BCUT2D eigenvalue weighted by atomic mass is 10.2. The molecule has 9 heteroatoms. The van der Waals surface area contributed by atoms with Gasteiger partial charge in [0.1, 0.15) is 5.75 Å². The minimum atomic E-state index is -0.325. The summed E-state index contributed by atoms with van der Waals surface area (Å²) in [5.74, 6) is -0.217. The summed E-state index contributed by atoms with van der Waals surface area (Å²) in [5, 5.41) is 10.6. The van der Waals surface area contributed by atoms with Crippen molar-refractivity contribution in [2.45, 2.75) is 0 Å². The molecular weight excluding hydrogens is 438 g/mol. The van der Waals surface area contributed by atoms with Gasteiger partial charge in [0.25, 0.3) is 17.7 Å². The number of rotatable bonds is 9. The SMILES string of the molecule is O=C(COc1ccc(Cl)cc1)Nc1ccc(C(=O)NCCNC(=O)c2cccs2)cc1. The fourth-order valence-electron chi connectivity index (χ4n) is 2.53. The predicted octanol–water partition coefficient (Wildman–Crippen LogP) is 3.58. The van der Waals surface area contributed by atoms with E-state index in [1.807, 2.05) is 5.38 Å². The first kappa shape index (κ1) is 22.3. The second kappa shape index (κ2) is 11.1. The molecule has 3 rings (SSSR count). The lowest BCUT2D eigenvalue weighted by Crippen LogP contribution is -2.34. The van der Waals surface area contributed by atoms with E-state index in [-0.39, 0.29) is 24.3 Å². The number of ether oxygens (including phenoxy) is 1. The Morgan fingerprint density at radius 2 is 1.55 bits per heavy atom. The number of amides is 3. The van der Waals surface area contributed by atoms with Crippen LogP contribution in [0.3, 0.4) is 0 Å². The number of hydrogen-bond acceptors (Lipinski definition) is 5. The van der Waals surface area contributed by atoms with Crippen LogP contribution in [-0.2, 0) is 4.79 Å². The molecule has 1 aromatic heterocycles. The number of hydrogen-bond donors (Lipinski definition) is 3. The van der Waals surface area contributed by atoms with Crippen LogP contribution in [0.25, 0.3) is 0 Å². The van der Waals surface area contributed by atoms with Crippen LogP contribution in [0.2, 0.25) is 5.02 Å². The van der Waals surface area contributed by atoms with Gasteiger partial charge in [0.15, 0.2) is 6.61 Å². The molecule has 0 atom stereocenters. The van der Waals surface area contributed by atoms with E-state index in [0.29, 0.717) is 40.0 Å². The van der Waals surface area contributed by atoms with Gasteiger partial charge < -0.3 is 20.7 Å². The van der Waals surface area contributed by atoms with E-state index in [0.717, 1.165) is 0 Å². The fourth-order valence-corrected chi connectivity index (χ4v) is 3.30. The second-order valence-corrected chi connectivity index (χ2v) is 7.74. The molecule has 0 unspecified atom stereocenters. The van der Waals surface area contributed by atoms with Gasteiger partial charge in [-0.15, -0.1) is 11.3 Å². The summed E-state index contributed by atoms with van der Waals surface area (Å²) >= 11 is 7.16. The number of halogens is 1. The number of carbonyl (C=O) groups is 3. The Hall–Kier alpha value is -3.36. The van der Waals surface area contributed by atoms with Crippen molar-refractivity contribution in [2.75, 3.05) is 25.0 Å². The summed E-state index contributed by atoms with van der Waals surface area (Å²) in [6, 6.07) is 16.7. The molecule has 0 spiro atoms. The summed E-state index contributed by atoms with van der Waals surface area (Å²) in [7, 11) is 0. The molecule has 0 aliphatic rings. The Kier molecular flexibility index (Phi) is 8.03. The highest BCUT2D eigenvalue weighted by molar-refractivity contribution is 7.12. The highest BCUT2D eigenvalue weighted by Gasteiger charge is 2.09. The van der Waals surface area contributed by atoms with Crippen molar-refractivity contribution in [3.05, 3.63) is 81.5 Å². The van der Waals surface area contributed by atoms with Gasteiger partial charge in [-0.25, -0.2) is 0 Å². The van der Waals surface area contributed by atoms with Crippen LogP contribution in [0.4, 0.5) is 5.69 Å². The first-order chi connectivity index (χ1) is 15.0. The van der Waals surface area contributed by atoms with E-state index >= 15 is 0 Å². The molecule has 0 bridgehead atoms. The molecule has 160 valence electrons. The number of anilines is 1. The van der Waals surface area contributed by atoms with Gasteiger partial charge in [0.05, 0.1) is 4.88 Å². The average Bonchev–Trinajstić information content (AvgIpc) is 3.32. The molecular formula is C22H20ClN3O4S. The lowest BCUT2D eigenvalue weighted by molar-refractivity contribution is -0.118. The Bertz CT molecular complexity index is 1020. The van der Waals surface area contributed by atoms with Crippen molar-refractivity contribution in [1.29, 1.82) is 0 Å². The standard InChI is InChI=1S/C22H20ClN3O4S/c23-16-5-9-18(10-6-16)30-14-20(27)26-17-7-3-15(4-8-17)21(28)24-11-12-25-22(29)19-2-1-13-31-19/h1-10,13H,11-12,14H2,(H,24,28)(H,25,29)(H,26,27). The van der Waals surface area contributed by atoms with E-state index in [1.165, 1.54) is 11.3 Å². The van der Waals surface area contributed by atoms with Crippen LogP contribution < -0.4 is 20.7 Å². The molecule has 3 N–H and O–H groups in total. The van der Waals surface area contributed by atoms with Gasteiger partial charge in [-0.3, -0.25) is 14.4 Å². The van der Waals surface area contributed by atoms with Crippen LogP contribution >= 0.6 is 22.9 Å². The van der Waals surface area contributed by atoms with E-state index < -0.39 is 0 Å². The van der Waals surface area contributed by atoms with Crippen LogP contribution in [-0.4, -0.2) is 37.4 Å². The van der Waals surface area contributed by atoms with Gasteiger partial charge in [-0.05, 0) is 60.0 Å². The smallest absolute Gasteiger partial charge is 0.262 e. The fraction of sp³-hybridized carbons (Fsp3) is 0.136. The maximum Gasteiger partial charge on any atom is 0.262 e. The normalized spacial score (nSPS) is 10.2. The van der Waals surface area contributed by atoms with E-state index in [9.17, 15) is 14.4 Å². The highest BCUT2D eigenvalue weighted by Crippen LogP contribution is 2.15. The summed E-state index contributed by atoms with van der Waals surface area (Å²) < 4.78 is 5.39. The zero-order valence-corrected chi connectivity index (χ0v) is 18.0. The molecule has 31 heavy (non-hydrogen) atoms. The summed E-state index contributed by atoms with van der Waals surface area (Å²) in [4.78, 5) is 36.7. The van der Waals surface area contributed by atoms with Gasteiger partial charge in [0, 0.05) is 29.4 Å². The van der Waals surface area contributed by atoms with E-state index in [2.05, 4.69) is 16.0 Å². The molecule has 3 amide bonds. The van der Waals surface area contributed by atoms with Gasteiger partial charge >= 0.3 is 0 Å². The Morgan fingerprint density at radius 1 is 0.871 bits per heavy atom. The molecule has 0 saturated heterocycles. The molecule has 2 aromatic carbocycles. The highest BCUT2D eigenvalue weighted by atomic mass is 35.5. The van der Waals surface area contributed by atoms with E-state index in [4.69, 9.17) is 16.3 Å². The lowest BCUT2D eigenvalue weighted by Gasteiger charge is -2.09. The van der Waals surface area contributed by atoms with Crippen molar-refractivity contribution in [1.82, 2.24) is 10.6 Å². The molecule has 0 aliphatic carbocycles. The molecule has 0 radical (unpaired) electrons. The average molecular weight is 458 g/mol. The predicted molar refractivity (Wildman–Crippen MR) is 121 cm³/mol. The molecule has 0 saturated carbocycles. The number of nitrogens with one attached hydrogen (secondary N) is 3. The number of carbonyl (C=O) groups excluding carboxylic acids is 3. The topological polar surface area (TPSA) is 96.5 Å². The van der Waals surface area contributed by atoms with Crippen LogP contribution in [0, 0.1) is 0 Å². The van der Waals surface area contributed by atoms with Crippen molar-refractivity contribution >= 4 is 46.3 Å². The summed E-state index contributed by atoms with van der Waals surface area (Å²) in [5.41, 5.74) is 0.990. The van der Waals surface area contributed by atoms with Crippen LogP contribution in [0.1, 0.15) is 20.0 Å². The first-order valence-electron chi connectivity index (χ1n) is 9.39. The molecule has 1 heterocycles. The van der Waals surface area contributed by atoms with Gasteiger partial charge in [-0.2, -0.15) is 0 Å². The molecule has 0 aliphatic heterocycles. The van der Waals surface area contributed by atoms with E-state index in [1.54, 1.807) is 60.7 Å². The molecule has 0 fully saturated rings. The minimum absolute atomic E-state index is 0.152. The minimum Gasteiger partial charge on any atom is -0.484 e. The third-order valence-corrected chi connectivity index (χ3v) is 5.18. The molecule has 7 nitrogen and oxygen atoms in total. The zero-order chi connectivity index (χ0) is 22.1. The second-order valence-electron chi connectivity index (χ2n) is 6.36. The zero-order valence-electron chi connectivity index (χ0n) is 16.4. The monoisotopic (exact) mass is 457 g/mol. The molecule has 3 aromatic rings. The maximum atomic E-state index is 12.2. The Morgan fingerprint density at radius 3 is 2.19 bits per heavy atom. The van der Waals surface area contributed by atoms with Crippen molar-refractivity contribution in [3.63, 3.8) is 0 Å². The van der Waals surface area contributed by atoms with Crippen molar-refractivity contribution < 1.29 is 19.1 Å². The Labute approximate surface area is 188 Å². The number of thiophene rings is 1. The van der Waals surface area contributed by atoms with Crippen molar-refractivity contribution in [2.24, 2.45) is 0 Å². The Balaban J connectivity index is 1.38. The van der Waals surface area contributed by atoms with Crippen LogP contribution in [0.5, 0.6) is 5.75 Å². The quantitative estimate of drug-likeness (QED) is 0.428. The van der Waals surface area contributed by atoms with Gasteiger partial charge in [0.2, 0.25) is 0 Å². The largest absolute Gasteiger partial charge is 0.484 e. The van der Waals surface area contributed by atoms with Gasteiger partial charge in [-0.1, -0.05) is 17.7 Å². The maximum absolute atomic E-state index is 12.2.